The highest BCUT2D eigenvalue weighted by molar-refractivity contribution is 6.05. The van der Waals surface area contributed by atoms with Crippen LogP contribution in [0, 0.1) is 5.41 Å². The number of aromatic nitrogens is 1. The van der Waals surface area contributed by atoms with Crippen molar-refractivity contribution in [1.82, 2.24) is 10.3 Å². The van der Waals surface area contributed by atoms with E-state index in [0.717, 1.165) is 37.0 Å². The Hall–Kier alpha value is -1.81. The summed E-state index contributed by atoms with van der Waals surface area (Å²) < 4.78 is 5.58. The van der Waals surface area contributed by atoms with Gasteiger partial charge in [-0.1, -0.05) is 18.6 Å². The minimum absolute atomic E-state index is 0.00850. The molecule has 1 saturated carbocycles. The molecule has 0 atom stereocenters. The van der Waals surface area contributed by atoms with Crippen LogP contribution in [0.2, 0.25) is 0 Å². The second-order valence-corrected chi connectivity index (χ2v) is 5.92. The van der Waals surface area contributed by atoms with Crippen LogP contribution in [0.1, 0.15) is 36.5 Å². The summed E-state index contributed by atoms with van der Waals surface area (Å²) in [6.07, 6.45) is 5.37. The van der Waals surface area contributed by atoms with E-state index in [9.17, 15) is 4.79 Å². The van der Waals surface area contributed by atoms with Crippen molar-refractivity contribution in [2.45, 2.75) is 26.2 Å². The van der Waals surface area contributed by atoms with Crippen LogP contribution in [0.3, 0.4) is 0 Å². The number of benzene rings is 1. The average Bonchev–Trinajstić information content (AvgIpc) is 2.93. The fraction of sp³-hybridized carbons (Fsp3) is 0.471. The van der Waals surface area contributed by atoms with E-state index in [4.69, 9.17) is 4.74 Å². The minimum atomic E-state index is -0.00850. The van der Waals surface area contributed by atoms with E-state index in [-0.39, 0.29) is 11.3 Å². The number of carbonyl (C=O) groups excluding carboxylic acids is 1. The molecule has 0 radical (unpaired) electrons. The highest BCUT2D eigenvalue weighted by Crippen LogP contribution is 2.40. The van der Waals surface area contributed by atoms with Gasteiger partial charge in [0.1, 0.15) is 0 Å². The Morgan fingerprint density at radius 2 is 2.24 bits per heavy atom. The predicted molar refractivity (Wildman–Crippen MR) is 83.4 cm³/mol. The number of H-pyrrole nitrogens is 1. The van der Waals surface area contributed by atoms with Gasteiger partial charge in [0.25, 0.3) is 5.91 Å². The summed E-state index contributed by atoms with van der Waals surface area (Å²) in [4.78, 5) is 15.6. The smallest absolute Gasteiger partial charge is 0.253 e. The Kier molecular flexibility index (Phi) is 3.97. The lowest BCUT2D eigenvalue weighted by Crippen LogP contribution is -2.45. The van der Waals surface area contributed by atoms with Crippen LogP contribution in [-0.4, -0.2) is 30.6 Å². The van der Waals surface area contributed by atoms with Crippen molar-refractivity contribution in [3.8, 4) is 0 Å². The standard InChI is InChI=1S/C17H22N2O2/c1-2-21-12-17(8-4-9-17)11-19-16(20)14-6-3-5-13-7-10-18-15(13)14/h3,5-7,10,18H,2,4,8-9,11-12H2,1H3,(H,19,20). The lowest BCUT2D eigenvalue weighted by Gasteiger charge is -2.41. The number of hydrogen-bond donors (Lipinski definition) is 2. The Morgan fingerprint density at radius 3 is 2.95 bits per heavy atom. The maximum Gasteiger partial charge on any atom is 0.253 e. The molecule has 1 aliphatic carbocycles. The van der Waals surface area contributed by atoms with Crippen molar-refractivity contribution in [2.75, 3.05) is 19.8 Å². The number of para-hydroxylation sites is 1. The largest absolute Gasteiger partial charge is 0.381 e. The maximum atomic E-state index is 12.4. The van der Waals surface area contributed by atoms with E-state index < -0.39 is 0 Å². The zero-order valence-corrected chi connectivity index (χ0v) is 12.4. The minimum Gasteiger partial charge on any atom is -0.381 e. The van der Waals surface area contributed by atoms with E-state index in [1.54, 1.807) is 0 Å². The molecule has 1 aliphatic rings. The molecule has 1 heterocycles. The van der Waals surface area contributed by atoms with Crippen LogP contribution in [0.25, 0.3) is 10.9 Å². The molecule has 0 bridgehead atoms. The summed E-state index contributed by atoms with van der Waals surface area (Å²) in [5.41, 5.74) is 1.76. The molecule has 0 aliphatic heterocycles. The van der Waals surface area contributed by atoms with Gasteiger partial charge in [-0.05, 0) is 31.9 Å². The van der Waals surface area contributed by atoms with Crippen LogP contribution in [0.4, 0.5) is 0 Å². The number of fused-ring (bicyclic) bond motifs is 1. The van der Waals surface area contributed by atoms with Crippen LogP contribution in [0.5, 0.6) is 0 Å². The molecule has 3 rings (SSSR count). The number of carbonyl (C=O) groups is 1. The SMILES string of the molecule is CCOCC1(CNC(=O)c2cccc3cc[nH]c23)CCC1. The molecule has 112 valence electrons. The topological polar surface area (TPSA) is 54.1 Å². The first-order chi connectivity index (χ1) is 10.2. The highest BCUT2D eigenvalue weighted by Gasteiger charge is 2.37. The van der Waals surface area contributed by atoms with Gasteiger partial charge in [-0.25, -0.2) is 0 Å². The van der Waals surface area contributed by atoms with Gasteiger partial charge in [0.15, 0.2) is 0 Å². The quantitative estimate of drug-likeness (QED) is 0.857. The van der Waals surface area contributed by atoms with Crippen LogP contribution in [0.15, 0.2) is 30.5 Å². The van der Waals surface area contributed by atoms with Crippen molar-refractivity contribution in [1.29, 1.82) is 0 Å². The third-order valence-corrected chi connectivity index (χ3v) is 4.48. The third kappa shape index (κ3) is 2.81. The van der Waals surface area contributed by atoms with Gasteiger partial charge < -0.3 is 15.0 Å². The molecule has 0 saturated heterocycles. The molecule has 2 N–H and O–H groups in total. The summed E-state index contributed by atoms with van der Waals surface area (Å²) >= 11 is 0. The first kappa shape index (κ1) is 14.1. The molecule has 1 fully saturated rings. The van der Waals surface area contributed by atoms with E-state index in [1.165, 1.54) is 6.42 Å². The summed E-state index contributed by atoms with van der Waals surface area (Å²) in [6, 6.07) is 7.77. The Balaban J connectivity index is 1.67. The second-order valence-electron chi connectivity index (χ2n) is 5.92. The van der Waals surface area contributed by atoms with Crippen molar-refractivity contribution < 1.29 is 9.53 Å². The monoisotopic (exact) mass is 286 g/mol. The Bertz CT molecular complexity index is 629. The zero-order valence-electron chi connectivity index (χ0n) is 12.4. The van der Waals surface area contributed by atoms with Crippen LogP contribution < -0.4 is 5.32 Å². The van der Waals surface area contributed by atoms with Crippen molar-refractivity contribution >= 4 is 16.8 Å². The van der Waals surface area contributed by atoms with E-state index in [1.807, 2.05) is 37.4 Å². The number of ether oxygens (including phenoxy) is 1. The van der Waals surface area contributed by atoms with Crippen LogP contribution in [-0.2, 0) is 4.74 Å². The summed E-state index contributed by atoms with van der Waals surface area (Å²) in [6.45, 7) is 4.19. The molecule has 1 aromatic carbocycles. The molecule has 1 aromatic heterocycles. The maximum absolute atomic E-state index is 12.4. The van der Waals surface area contributed by atoms with Crippen LogP contribution >= 0.6 is 0 Å². The zero-order chi connectivity index (χ0) is 14.7. The summed E-state index contributed by atoms with van der Waals surface area (Å²) in [7, 11) is 0. The molecule has 2 aromatic rings. The fourth-order valence-electron chi connectivity index (χ4n) is 3.00. The molecule has 4 heteroatoms. The molecule has 0 unspecified atom stereocenters. The first-order valence-corrected chi connectivity index (χ1v) is 7.66. The van der Waals surface area contributed by atoms with Crippen molar-refractivity contribution in [3.05, 3.63) is 36.0 Å². The summed E-state index contributed by atoms with van der Waals surface area (Å²) in [5, 5.41) is 4.16. The normalized spacial score (nSPS) is 16.6. The number of rotatable bonds is 6. The van der Waals surface area contributed by atoms with Gasteiger partial charge in [-0.2, -0.15) is 0 Å². The van der Waals surface area contributed by atoms with Gasteiger partial charge in [-0.3, -0.25) is 4.79 Å². The molecule has 1 amide bonds. The predicted octanol–water partition coefficient (Wildman–Crippen LogP) is 3.10. The molecule has 21 heavy (non-hydrogen) atoms. The van der Waals surface area contributed by atoms with Crippen molar-refractivity contribution in [3.63, 3.8) is 0 Å². The fourth-order valence-corrected chi connectivity index (χ4v) is 3.00. The number of aromatic amines is 1. The highest BCUT2D eigenvalue weighted by atomic mass is 16.5. The van der Waals surface area contributed by atoms with E-state index in [0.29, 0.717) is 12.1 Å². The Morgan fingerprint density at radius 1 is 1.38 bits per heavy atom. The van der Waals surface area contributed by atoms with Gasteiger partial charge in [-0.15, -0.1) is 0 Å². The summed E-state index contributed by atoms with van der Waals surface area (Å²) in [5.74, 6) is -0.00850. The van der Waals surface area contributed by atoms with Gasteiger partial charge in [0.05, 0.1) is 17.7 Å². The number of nitrogens with one attached hydrogen (secondary N) is 2. The first-order valence-electron chi connectivity index (χ1n) is 7.66. The lowest BCUT2D eigenvalue weighted by atomic mass is 9.69. The second kappa shape index (κ2) is 5.90. The van der Waals surface area contributed by atoms with Crippen molar-refractivity contribution in [2.24, 2.45) is 5.41 Å². The average molecular weight is 286 g/mol. The molecular formula is C17H22N2O2. The Labute approximate surface area is 124 Å². The molecule has 0 spiro atoms. The number of amides is 1. The van der Waals surface area contributed by atoms with Gasteiger partial charge in [0.2, 0.25) is 0 Å². The number of hydrogen-bond acceptors (Lipinski definition) is 2. The van der Waals surface area contributed by atoms with E-state index >= 15 is 0 Å². The van der Waals surface area contributed by atoms with Gasteiger partial charge in [0, 0.05) is 30.1 Å². The van der Waals surface area contributed by atoms with E-state index in [2.05, 4.69) is 10.3 Å². The molecule has 4 nitrogen and oxygen atoms in total. The lowest BCUT2D eigenvalue weighted by molar-refractivity contribution is -0.000171. The third-order valence-electron chi connectivity index (χ3n) is 4.48. The molecular weight excluding hydrogens is 264 g/mol. The van der Waals surface area contributed by atoms with Gasteiger partial charge >= 0.3 is 0 Å².